The molecular formula is C25H21ClFN7O. The van der Waals surface area contributed by atoms with Crippen LogP contribution in [-0.4, -0.2) is 37.3 Å². The number of hydrogen-bond donors (Lipinski definition) is 2. The van der Waals surface area contributed by atoms with Crippen molar-refractivity contribution in [2.45, 2.75) is 13.5 Å². The second-order valence-corrected chi connectivity index (χ2v) is 8.37. The standard InChI is InChI=1S/C25H21ClFN7O/c1-15-4-3-5-24(31-15)34-21(12-23(32-34)29-13-17-6-7-18(26)11-20(17)27)16-8-9-33-22(10-16)19(14-30-33)25(35)28-2/h3-12,14H,13H2,1-2H3,(H,28,35)(H,29,32). The molecule has 0 saturated heterocycles. The zero-order chi connectivity index (χ0) is 24.5. The Kier molecular flexibility index (Phi) is 5.92. The molecule has 4 heterocycles. The van der Waals surface area contributed by atoms with Crippen molar-refractivity contribution in [1.82, 2.24) is 29.7 Å². The molecule has 0 aliphatic carbocycles. The highest BCUT2D eigenvalue weighted by molar-refractivity contribution is 6.30. The fraction of sp³-hybridized carbons (Fsp3) is 0.120. The maximum absolute atomic E-state index is 14.3. The number of benzene rings is 1. The topological polar surface area (TPSA) is 89.1 Å². The minimum Gasteiger partial charge on any atom is -0.364 e. The Labute approximate surface area is 205 Å². The van der Waals surface area contributed by atoms with Gasteiger partial charge in [-0.2, -0.15) is 5.10 Å². The molecule has 0 bridgehead atoms. The van der Waals surface area contributed by atoms with E-state index in [0.717, 1.165) is 17.0 Å². The number of pyridine rings is 2. The van der Waals surface area contributed by atoms with Crippen molar-refractivity contribution in [2.24, 2.45) is 0 Å². The monoisotopic (exact) mass is 489 g/mol. The third-order valence-corrected chi connectivity index (χ3v) is 5.80. The normalized spacial score (nSPS) is 11.1. The number of halogens is 2. The molecule has 0 atom stereocenters. The molecule has 4 aromatic heterocycles. The van der Waals surface area contributed by atoms with Crippen molar-refractivity contribution in [2.75, 3.05) is 12.4 Å². The Morgan fingerprint density at radius 2 is 2.00 bits per heavy atom. The molecule has 0 aliphatic rings. The molecule has 0 radical (unpaired) electrons. The van der Waals surface area contributed by atoms with Crippen molar-refractivity contribution >= 4 is 28.8 Å². The quantitative estimate of drug-likeness (QED) is 0.362. The molecule has 0 unspecified atom stereocenters. The van der Waals surface area contributed by atoms with Crippen LogP contribution in [0, 0.1) is 12.7 Å². The number of carbonyl (C=O) groups excluding carboxylic acids is 1. The first-order chi connectivity index (χ1) is 16.9. The Balaban J connectivity index is 1.57. The Morgan fingerprint density at radius 3 is 2.77 bits per heavy atom. The molecule has 10 heteroatoms. The third kappa shape index (κ3) is 4.45. The summed E-state index contributed by atoms with van der Waals surface area (Å²) in [6, 6.07) is 15.9. The summed E-state index contributed by atoms with van der Waals surface area (Å²) in [7, 11) is 1.58. The van der Waals surface area contributed by atoms with Gasteiger partial charge in [-0.05, 0) is 43.3 Å². The van der Waals surface area contributed by atoms with Gasteiger partial charge < -0.3 is 10.6 Å². The summed E-state index contributed by atoms with van der Waals surface area (Å²) in [5.74, 6) is 0.555. The number of fused-ring (bicyclic) bond motifs is 1. The van der Waals surface area contributed by atoms with Gasteiger partial charge >= 0.3 is 0 Å². The second kappa shape index (κ2) is 9.19. The van der Waals surface area contributed by atoms with E-state index in [2.05, 4.69) is 20.7 Å². The van der Waals surface area contributed by atoms with Crippen molar-refractivity contribution in [3.05, 3.63) is 94.7 Å². The Bertz CT molecular complexity index is 1560. The van der Waals surface area contributed by atoms with Gasteiger partial charge in [0.2, 0.25) is 0 Å². The number of anilines is 1. The van der Waals surface area contributed by atoms with Crippen LogP contribution in [-0.2, 0) is 6.54 Å². The number of rotatable bonds is 6. The maximum atomic E-state index is 14.3. The fourth-order valence-corrected chi connectivity index (χ4v) is 3.95. The van der Waals surface area contributed by atoms with Gasteiger partial charge in [0.1, 0.15) is 11.6 Å². The smallest absolute Gasteiger partial charge is 0.254 e. The van der Waals surface area contributed by atoms with E-state index in [-0.39, 0.29) is 12.5 Å². The SMILES string of the molecule is CNC(=O)c1cnn2ccc(-c3cc(NCc4ccc(Cl)cc4F)nn3-c3cccc(C)n3)cc12. The van der Waals surface area contributed by atoms with Gasteiger partial charge in [-0.1, -0.05) is 23.7 Å². The van der Waals surface area contributed by atoms with Gasteiger partial charge in [0, 0.05) is 47.7 Å². The molecule has 0 aliphatic heterocycles. The van der Waals surface area contributed by atoms with Crippen LogP contribution in [0.3, 0.4) is 0 Å². The van der Waals surface area contributed by atoms with Crippen molar-refractivity contribution in [3.63, 3.8) is 0 Å². The van der Waals surface area contributed by atoms with Crippen LogP contribution in [0.25, 0.3) is 22.6 Å². The summed E-state index contributed by atoms with van der Waals surface area (Å²) in [5, 5.41) is 15.1. The summed E-state index contributed by atoms with van der Waals surface area (Å²) < 4.78 is 17.6. The van der Waals surface area contributed by atoms with Crippen molar-refractivity contribution in [3.8, 4) is 17.1 Å². The van der Waals surface area contributed by atoms with E-state index in [1.807, 2.05) is 43.3 Å². The Hall–Kier alpha value is -4.24. The molecule has 5 rings (SSSR count). The van der Waals surface area contributed by atoms with Gasteiger partial charge in [0.15, 0.2) is 5.82 Å². The number of amides is 1. The number of hydrogen-bond acceptors (Lipinski definition) is 5. The lowest BCUT2D eigenvalue weighted by molar-refractivity contribution is 0.0964. The lowest BCUT2D eigenvalue weighted by Crippen LogP contribution is -2.17. The predicted molar refractivity (Wildman–Crippen MR) is 132 cm³/mol. The van der Waals surface area contributed by atoms with Gasteiger partial charge in [0.05, 0.1) is 23.0 Å². The maximum Gasteiger partial charge on any atom is 0.254 e. The van der Waals surface area contributed by atoms with Crippen LogP contribution >= 0.6 is 11.6 Å². The molecule has 2 N–H and O–H groups in total. The van der Waals surface area contributed by atoms with E-state index < -0.39 is 5.82 Å². The van der Waals surface area contributed by atoms with E-state index in [0.29, 0.717) is 33.3 Å². The van der Waals surface area contributed by atoms with Crippen molar-refractivity contribution in [1.29, 1.82) is 0 Å². The lowest BCUT2D eigenvalue weighted by atomic mass is 10.1. The average Bonchev–Trinajstić information content (AvgIpc) is 3.47. The zero-order valence-corrected chi connectivity index (χ0v) is 19.7. The van der Waals surface area contributed by atoms with Gasteiger partial charge in [-0.25, -0.2) is 18.6 Å². The van der Waals surface area contributed by atoms with E-state index in [1.54, 1.807) is 34.6 Å². The first kappa shape index (κ1) is 22.5. The van der Waals surface area contributed by atoms with Crippen LogP contribution in [0.15, 0.2) is 67.0 Å². The summed E-state index contributed by atoms with van der Waals surface area (Å²) in [4.78, 5) is 16.9. The van der Waals surface area contributed by atoms with Gasteiger partial charge in [-0.15, -0.1) is 5.10 Å². The Morgan fingerprint density at radius 1 is 1.14 bits per heavy atom. The van der Waals surface area contributed by atoms with Crippen LogP contribution < -0.4 is 10.6 Å². The molecule has 0 spiro atoms. The number of carbonyl (C=O) groups is 1. The van der Waals surface area contributed by atoms with E-state index in [1.165, 1.54) is 12.3 Å². The van der Waals surface area contributed by atoms with Gasteiger partial charge in [-0.3, -0.25) is 4.79 Å². The number of aryl methyl sites for hydroxylation is 1. The van der Waals surface area contributed by atoms with E-state index >= 15 is 0 Å². The van der Waals surface area contributed by atoms with E-state index in [4.69, 9.17) is 16.7 Å². The molecular weight excluding hydrogens is 469 g/mol. The predicted octanol–water partition coefficient (Wildman–Crippen LogP) is 4.65. The summed E-state index contributed by atoms with van der Waals surface area (Å²) >= 11 is 5.87. The molecule has 5 aromatic rings. The highest BCUT2D eigenvalue weighted by atomic mass is 35.5. The number of nitrogens with one attached hydrogen (secondary N) is 2. The van der Waals surface area contributed by atoms with Gasteiger partial charge in [0.25, 0.3) is 5.91 Å². The highest BCUT2D eigenvalue weighted by Gasteiger charge is 2.17. The van der Waals surface area contributed by atoms with E-state index in [9.17, 15) is 9.18 Å². The minimum absolute atomic E-state index is 0.224. The number of aromatic nitrogens is 5. The highest BCUT2D eigenvalue weighted by Crippen LogP contribution is 2.28. The first-order valence-corrected chi connectivity index (χ1v) is 11.2. The second-order valence-electron chi connectivity index (χ2n) is 7.94. The summed E-state index contributed by atoms with van der Waals surface area (Å²) in [6.45, 7) is 2.13. The molecule has 1 amide bonds. The molecule has 8 nitrogen and oxygen atoms in total. The molecule has 0 fully saturated rings. The first-order valence-electron chi connectivity index (χ1n) is 10.8. The molecule has 35 heavy (non-hydrogen) atoms. The largest absolute Gasteiger partial charge is 0.364 e. The average molecular weight is 490 g/mol. The molecule has 1 aromatic carbocycles. The third-order valence-electron chi connectivity index (χ3n) is 5.56. The van der Waals surface area contributed by atoms with Crippen LogP contribution in [0.5, 0.6) is 0 Å². The van der Waals surface area contributed by atoms with Crippen LogP contribution in [0.1, 0.15) is 21.6 Å². The van der Waals surface area contributed by atoms with Crippen LogP contribution in [0.4, 0.5) is 10.2 Å². The summed E-state index contributed by atoms with van der Waals surface area (Å²) in [5.41, 5.74) is 3.98. The number of nitrogens with zero attached hydrogens (tertiary/aromatic N) is 5. The minimum atomic E-state index is -0.391. The fourth-order valence-electron chi connectivity index (χ4n) is 3.79. The van der Waals surface area contributed by atoms with Crippen LogP contribution in [0.2, 0.25) is 5.02 Å². The lowest BCUT2D eigenvalue weighted by Gasteiger charge is -2.08. The zero-order valence-electron chi connectivity index (χ0n) is 19.0. The molecule has 0 saturated carbocycles. The molecule has 176 valence electrons. The summed E-state index contributed by atoms with van der Waals surface area (Å²) in [6.07, 6.45) is 3.32. The van der Waals surface area contributed by atoms with Crippen molar-refractivity contribution < 1.29 is 9.18 Å².